The lowest BCUT2D eigenvalue weighted by atomic mass is 9.82. The van der Waals surface area contributed by atoms with Crippen LogP contribution in [0.1, 0.15) is 38.3 Å². The van der Waals surface area contributed by atoms with Gasteiger partial charge in [0.05, 0.1) is 10.3 Å². The van der Waals surface area contributed by atoms with Crippen molar-refractivity contribution in [3.8, 4) is 0 Å². The average Bonchev–Trinajstić information content (AvgIpc) is 2.67. The highest BCUT2D eigenvalue weighted by Gasteiger charge is 2.44. The highest BCUT2D eigenvalue weighted by molar-refractivity contribution is 7.94. The van der Waals surface area contributed by atoms with Crippen LogP contribution >= 0.6 is 12.0 Å². The molecule has 0 radical (unpaired) electrons. The smallest absolute Gasteiger partial charge is 0.294 e. The number of hydrogen-bond donors (Lipinski definition) is 1. The topological polar surface area (TPSA) is 98.9 Å². The van der Waals surface area contributed by atoms with E-state index in [2.05, 4.69) is 13.9 Å². The van der Waals surface area contributed by atoms with E-state index in [1.807, 2.05) is 27.7 Å². The third-order valence-corrected chi connectivity index (χ3v) is 5.95. The maximum atomic E-state index is 11.5. The zero-order chi connectivity index (χ0) is 18.1. The molecule has 1 N–H and O–H groups in total. The van der Waals surface area contributed by atoms with Gasteiger partial charge in [-0.05, 0) is 32.9 Å². The van der Waals surface area contributed by atoms with E-state index in [1.54, 1.807) is 6.07 Å². The quantitative estimate of drug-likeness (QED) is 0.194. The molecule has 0 unspecified atom stereocenters. The van der Waals surface area contributed by atoms with Gasteiger partial charge in [-0.15, -0.1) is 0 Å². The molecule has 134 valence electrons. The molecular weight excluding hydrogens is 354 g/mol. The molecule has 0 bridgehead atoms. The summed E-state index contributed by atoms with van der Waals surface area (Å²) in [6.07, 6.45) is 0.750. The van der Waals surface area contributed by atoms with Crippen LogP contribution in [-0.2, 0) is 24.9 Å². The summed E-state index contributed by atoms with van der Waals surface area (Å²) >= 11 is 0.946. The maximum Gasteiger partial charge on any atom is 0.294 e. The van der Waals surface area contributed by atoms with Crippen molar-refractivity contribution < 1.29 is 32.2 Å². The first kappa shape index (κ1) is 19.4. The standard InChI is InChI=1S/C15H21NO6S2/c1-10-8-12(24(18,19)20)9-13-14(10)16(11(2)15(13,3)4)6-5-7-23-22-21-17/h8-9H,5-7H2,1-4H3,(H-,17,18,19,20). The lowest BCUT2D eigenvalue weighted by Crippen LogP contribution is -2.27. The Bertz CT molecular complexity index is 770. The molecular formula is C15H21NO6S2. The second kappa shape index (κ2) is 7.11. The first-order valence-corrected chi connectivity index (χ1v) is 9.78. The van der Waals surface area contributed by atoms with Gasteiger partial charge < -0.3 is 5.26 Å². The molecule has 0 amide bonds. The fourth-order valence-electron chi connectivity index (χ4n) is 3.04. The van der Waals surface area contributed by atoms with Gasteiger partial charge in [0.2, 0.25) is 5.69 Å². The third-order valence-electron chi connectivity index (χ3n) is 4.51. The minimum Gasteiger partial charge on any atom is -0.691 e. The molecule has 0 saturated carbocycles. The summed E-state index contributed by atoms with van der Waals surface area (Å²) < 4.78 is 38.8. The Balaban J connectivity index is 2.38. The normalized spacial score (nSPS) is 16.6. The Morgan fingerprint density at radius 3 is 2.58 bits per heavy atom. The monoisotopic (exact) mass is 375 g/mol. The van der Waals surface area contributed by atoms with E-state index in [0.29, 0.717) is 12.3 Å². The summed E-state index contributed by atoms with van der Waals surface area (Å²) in [6.45, 7) is 8.59. The molecule has 0 aromatic heterocycles. The van der Waals surface area contributed by atoms with Gasteiger partial charge in [0.25, 0.3) is 10.1 Å². The van der Waals surface area contributed by atoms with Crippen molar-refractivity contribution >= 4 is 33.6 Å². The van der Waals surface area contributed by atoms with Crippen molar-refractivity contribution in [3.63, 3.8) is 0 Å². The Kier molecular flexibility index (Phi) is 5.73. The van der Waals surface area contributed by atoms with Crippen molar-refractivity contribution in [2.75, 3.05) is 12.3 Å². The molecule has 7 nitrogen and oxygen atoms in total. The van der Waals surface area contributed by atoms with E-state index in [1.165, 1.54) is 6.07 Å². The SMILES string of the molecule is CC1=[N+](CCCSOO[O-])c2c(C)cc(S(=O)(=O)O)cc2C1(C)C. The van der Waals surface area contributed by atoms with E-state index in [4.69, 9.17) is 0 Å². The minimum absolute atomic E-state index is 0.0852. The van der Waals surface area contributed by atoms with Crippen molar-refractivity contribution in [2.24, 2.45) is 0 Å². The summed E-state index contributed by atoms with van der Waals surface area (Å²) in [5.41, 5.74) is 3.38. The van der Waals surface area contributed by atoms with Crippen LogP contribution < -0.4 is 5.26 Å². The van der Waals surface area contributed by atoms with Gasteiger partial charge in [-0.3, -0.25) is 9.59 Å². The molecule has 1 aliphatic rings. The molecule has 0 atom stereocenters. The lowest BCUT2D eigenvalue weighted by molar-refractivity contribution is -0.777. The number of aryl methyl sites for hydroxylation is 1. The fourth-order valence-corrected chi connectivity index (χ4v) is 3.99. The van der Waals surface area contributed by atoms with Gasteiger partial charge in [0.15, 0.2) is 5.71 Å². The highest BCUT2D eigenvalue weighted by Crippen LogP contribution is 2.42. The Morgan fingerprint density at radius 2 is 2.00 bits per heavy atom. The zero-order valence-electron chi connectivity index (χ0n) is 14.0. The van der Waals surface area contributed by atoms with Gasteiger partial charge in [-0.2, -0.15) is 17.3 Å². The molecule has 0 saturated heterocycles. The van der Waals surface area contributed by atoms with Gasteiger partial charge in [0, 0.05) is 42.3 Å². The third kappa shape index (κ3) is 3.66. The van der Waals surface area contributed by atoms with Gasteiger partial charge >= 0.3 is 0 Å². The van der Waals surface area contributed by atoms with Crippen LogP contribution in [0.3, 0.4) is 0 Å². The first-order valence-electron chi connectivity index (χ1n) is 7.43. The second-order valence-electron chi connectivity index (χ2n) is 6.29. The van der Waals surface area contributed by atoms with Gasteiger partial charge in [0.1, 0.15) is 6.54 Å². The van der Waals surface area contributed by atoms with Crippen LogP contribution in [0, 0.1) is 6.92 Å². The number of hydrogen-bond acceptors (Lipinski definition) is 6. The summed E-state index contributed by atoms with van der Waals surface area (Å²) in [7, 11) is -4.25. The van der Waals surface area contributed by atoms with E-state index in [-0.39, 0.29) is 10.3 Å². The zero-order valence-corrected chi connectivity index (χ0v) is 15.7. The molecule has 1 heterocycles. The highest BCUT2D eigenvalue weighted by atomic mass is 32.2. The number of fused-ring (bicyclic) bond motifs is 1. The molecule has 1 aromatic rings. The number of benzene rings is 1. The maximum absolute atomic E-state index is 11.5. The fraction of sp³-hybridized carbons (Fsp3) is 0.533. The van der Waals surface area contributed by atoms with Crippen LogP contribution in [0.2, 0.25) is 0 Å². The largest absolute Gasteiger partial charge is 0.691 e. The van der Waals surface area contributed by atoms with Crippen molar-refractivity contribution in [2.45, 2.75) is 44.4 Å². The second-order valence-corrected chi connectivity index (χ2v) is 8.49. The van der Waals surface area contributed by atoms with Crippen molar-refractivity contribution in [1.29, 1.82) is 0 Å². The van der Waals surface area contributed by atoms with Crippen molar-refractivity contribution in [3.05, 3.63) is 23.3 Å². The van der Waals surface area contributed by atoms with Crippen LogP contribution in [0.25, 0.3) is 0 Å². The summed E-state index contributed by atoms with van der Waals surface area (Å²) in [5, 5.41) is 13.1. The van der Waals surface area contributed by atoms with E-state index >= 15 is 0 Å². The molecule has 24 heavy (non-hydrogen) atoms. The number of nitrogens with zero attached hydrogens (tertiary/aromatic N) is 1. The molecule has 9 heteroatoms. The molecule has 0 fully saturated rings. The predicted octanol–water partition coefficient (Wildman–Crippen LogP) is 1.90. The summed E-state index contributed by atoms with van der Waals surface area (Å²) in [6, 6.07) is 3.03. The first-order chi connectivity index (χ1) is 11.1. The van der Waals surface area contributed by atoms with E-state index in [9.17, 15) is 18.2 Å². The Morgan fingerprint density at radius 1 is 1.33 bits per heavy atom. The van der Waals surface area contributed by atoms with Gasteiger partial charge in [-0.25, -0.2) is 0 Å². The predicted molar refractivity (Wildman–Crippen MR) is 88.7 cm³/mol. The molecule has 2 rings (SSSR count). The molecule has 1 aromatic carbocycles. The van der Waals surface area contributed by atoms with Gasteiger partial charge in [-0.1, -0.05) is 0 Å². The number of rotatable bonds is 7. The molecule has 0 aliphatic carbocycles. The van der Waals surface area contributed by atoms with Crippen LogP contribution in [0.5, 0.6) is 0 Å². The van der Waals surface area contributed by atoms with Crippen LogP contribution in [0.4, 0.5) is 5.69 Å². The van der Waals surface area contributed by atoms with Crippen LogP contribution in [-0.4, -0.2) is 35.6 Å². The summed E-state index contributed by atoms with van der Waals surface area (Å²) in [5.74, 6) is 0.587. The van der Waals surface area contributed by atoms with Crippen molar-refractivity contribution in [1.82, 2.24) is 0 Å². The van der Waals surface area contributed by atoms with E-state index < -0.39 is 10.1 Å². The average molecular weight is 375 g/mol. The Labute approximate surface area is 146 Å². The minimum atomic E-state index is -4.25. The lowest BCUT2D eigenvalue weighted by Gasteiger charge is -2.15. The Hall–Kier alpha value is -0.970. The van der Waals surface area contributed by atoms with E-state index in [0.717, 1.165) is 41.0 Å². The molecule has 1 aliphatic heterocycles. The molecule has 0 spiro atoms. The van der Waals surface area contributed by atoms with Crippen LogP contribution in [0.15, 0.2) is 17.0 Å². The summed E-state index contributed by atoms with van der Waals surface area (Å²) in [4.78, 5) is -0.0852.